The predicted molar refractivity (Wildman–Crippen MR) is 182 cm³/mol. The highest BCUT2D eigenvalue weighted by Gasteiger charge is 2.29. The van der Waals surface area contributed by atoms with Crippen LogP contribution in [-0.2, 0) is 12.8 Å². The highest BCUT2D eigenvalue weighted by molar-refractivity contribution is 8.25. The van der Waals surface area contributed by atoms with Gasteiger partial charge in [0.05, 0.1) is 23.6 Å². The van der Waals surface area contributed by atoms with Crippen LogP contribution in [-0.4, -0.2) is 63.7 Å². The maximum atomic E-state index is 13.7. The molecule has 0 saturated carbocycles. The Kier molecular flexibility index (Phi) is 13.5. The Hall–Kier alpha value is -2.50. The Morgan fingerprint density at radius 1 is 1.00 bits per heavy atom. The lowest BCUT2D eigenvalue weighted by atomic mass is 9.99. The predicted octanol–water partition coefficient (Wildman–Crippen LogP) is 6.38. The molecule has 236 valence electrons. The number of amides is 1. The lowest BCUT2D eigenvalue weighted by Crippen LogP contribution is -2.50. The molecule has 4 rings (SSSR count). The Morgan fingerprint density at radius 3 is 2.44 bits per heavy atom. The van der Waals surface area contributed by atoms with Crippen LogP contribution >= 0.6 is 34.8 Å². The summed E-state index contributed by atoms with van der Waals surface area (Å²) >= 11 is 6.14. The zero-order chi connectivity index (χ0) is 30.1. The molecule has 3 atom stereocenters. The Labute approximate surface area is 268 Å². The van der Waals surface area contributed by atoms with E-state index in [1.54, 1.807) is 16.4 Å². The first-order valence-corrected chi connectivity index (χ1v) is 16.6. The molecule has 1 aliphatic heterocycles. The summed E-state index contributed by atoms with van der Waals surface area (Å²) in [6.45, 7) is 5.46. The molecule has 0 aliphatic carbocycles. The first-order valence-electron chi connectivity index (χ1n) is 14.6. The van der Waals surface area contributed by atoms with E-state index in [1.807, 2.05) is 67.6 Å². The van der Waals surface area contributed by atoms with E-state index in [0.717, 1.165) is 36.1 Å². The normalized spacial score (nSPS) is 17.2. The van der Waals surface area contributed by atoms with Crippen LogP contribution in [0.2, 0.25) is 5.02 Å². The van der Waals surface area contributed by atoms with Crippen molar-refractivity contribution in [3.63, 3.8) is 0 Å². The lowest BCUT2D eigenvalue weighted by Gasteiger charge is -2.47. The third kappa shape index (κ3) is 10.3. The highest BCUT2D eigenvalue weighted by atomic mass is 35.5. The van der Waals surface area contributed by atoms with Crippen LogP contribution in [0.15, 0.2) is 72.8 Å². The molecular weight excluding hydrogens is 607 g/mol. The van der Waals surface area contributed by atoms with Crippen molar-refractivity contribution in [2.75, 3.05) is 35.0 Å². The number of aliphatic hydroxyl groups excluding tert-OH is 1. The molecule has 43 heavy (non-hydrogen) atoms. The number of anilines is 2. The molecule has 1 fully saturated rings. The lowest BCUT2D eigenvalue weighted by molar-refractivity contribution is 0.0826. The van der Waals surface area contributed by atoms with Crippen LogP contribution in [0.25, 0.3) is 0 Å². The first-order chi connectivity index (χ1) is 20.1. The number of rotatable bonds is 13. The van der Waals surface area contributed by atoms with E-state index in [-0.39, 0.29) is 30.9 Å². The van der Waals surface area contributed by atoms with Crippen LogP contribution in [0.5, 0.6) is 0 Å². The molecule has 1 saturated heterocycles. The number of carbonyl (C=O) groups is 1. The van der Waals surface area contributed by atoms with Gasteiger partial charge in [-0.15, -0.1) is 23.2 Å². The van der Waals surface area contributed by atoms with E-state index in [2.05, 4.69) is 22.9 Å². The van der Waals surface area contributed by atoms with Crippen LogP contribution in [0.3, 0.4) is 0 Å². The van der Waals surface area contributed by atoms with Crippen molar-refractivity contribution < 1.29 is 19.0 Å². The minimum absolute atomic E-state index is 0. The second-order valence-electron chi connectivity index (χ2n) is 10.9. The summed E-state index contributed by atoms with van der Waals surface area (Å²) in [5.74, 6) is -0.0231. The fourth-order valence-corrected chi connectivity index (χ4v) is 7.14. The van der Waals surface area contributed by atoms with Crippen LogP contribution < -0.4 is 20.3 Å². The molecule has 0 aromatic heterocycles. The van der Waals surface area contributed by atoms with Gasteiger partial charge in [-0.2, -0.15) is 0 Å². The fraction of sp³-hybridized carbons (Fsp3) is 0.406. The summed E-state index contributed by atoms with van der Waals surface area (Å²) in [4.78, 5) is 13.7. The first kappa shape index (κ1) is 35.0. The molecule has 3 aromatic rings. The third-order valence-electron chi connectivity index (χ3n) is 7.42. The Balaban J connectivity index is 0.00000506. The van der Waals surface area contributed by atoms with Crippen LogP contribution in [0.1, 0.15) is 48.2 Å². The molecule has 1 unspecified atom stereocenters. The standard InChI is InChI=1S/C32H43ClN4O4S.ClH/c1-3-34-28-19-26(20-29(21-28)37-14-7-8-15-42(37,40)41)32(39)36-30(18-24-10-5-4-6-11-24)31(38)22-35-23(2)16-25-12-9-13-27(33)17-25;/h4-6,9-13,17,19-21,23,30-31,34-35,38,40-41H,3,7-8,14-16,18,22H2,1-2H3,(H,36,39);1H/t23?,30-,31-;/m0./s1. The summed E-state index contributed by atoms with van der Waals surface area (Å²) in [7, 11) is -2.95. The largest absolute Gasteiger partial charge is 0.390 e. The number of nitrogens with zero attached hydrogens (tertiary/aromatic N) is 1. The second kappa shape index (κ2) is 16.5. The van der Waals surface area contributed by atoms with Gasteiger partial charge in [0.1, 0.15) is 0 Å². The van der Waals surface area contributed by atoms with Crippen molar-refractivity contribution in [1.82, 2.24) is 10.6 Å². The molecule has 1 heterocycles. The van der Waals surface area contributed by atoms with Crippen molar-refractivity contribution in [2.45, 2.75) is 57.7 Å². The molecule has 0 bridgehead atoms. The van der Waals surface area contributed by atoms with E-state index in [4.69, 9.17) is 11.6 Å². The molecule has 0 spiro atoms. The van der Waals surface area contributed by atoms with Gasteiger partial charge in [0.2, 0.25) is 0 Å². The van der Waals surface area contributed by atoms with Crippen molar-refractivity contribution in [1.29, 1.82) is 0 Å². The molecule has 3 aromatic carbocycles. The summed E-state index contributed by atoms with van der Waals surface area (Å²) in [6.07, 6.45) is 1.94. The fourth-order valence-electron chi connectivity index (χ4n) is 5.25. The molecular formula is C32H44Cl2N4O4S. The van der Waals surface area contributed by atoms with E-state index in [0.29, 0.717) is 41.5 Å². The van der Waals surface area contributed by atoms with Crippen LogP contribution in [0.4, 0.5) is 11.4 Å². The van der Waals surface area contributed by atoms with Gasteiger partial charge in [0.25, 0.3) is 5.91 Å². The van der Waals surface area contributed by atoms with E-state index >= 15 is 0 Å². The topological polar surface area (TPSA) is 117 Å². The van der Waals surface area contributed by atoms with Gasteiger partial charge in [-0.25, -0.2) is 0 Å². The smallest absolute Gasteiger partial charge is 0.251 e. The van der Waals surface area contributed by atoms with Gasteiger partial charge in [0, 0.05) is 41.9 Å². The second-order valence-corrected chi connectivity index (χ2v) is 13.5. The summed E-state index contributed by atoms with van der Waals surface area (Å²) in [5, 5.41) is 21.7. The minimum atomic E-state index is -2.95. The van der Waals surface area contributed by atoms with Gasteiger partial charge in [-0.05, 0) is 81.0 Å². The number of halogens is 2. The van der Waals surface area contributed by atoms with Crippen molar-refractivity contribution in [3.8, 4) is 0 Å². The molecule has 11 heteroatoms. The quantitative estimate of drug-likeness (QED) is 0.127. The van der Waals surface area contributed by atoms with Gasteiger partial charge < -0.3 is 21.1 Å². The monoisotopic (exact) mass is 650 g/mol. The summed E-state index contributed by atoms with van der Waals surface area (Å²) in [5.41, 5.74) is 3.80. The number of benzene rings is 3. The van der Waals surface area contributed by atoms with Gasteiger partial charge in [0.15, 0.2) is 0 Å². The van der Waals surface area contributed by atoms with E-state index in [9.17, 15) is 19.0 Å². The molecule has 1 amide bonds. The number of carbonyl (C=O) groups excluding carboxylic acids is 1. The summed E-state index contributed by atoms with van der Waals surface area (Å²) in [6, 6.07) is 22.3. The minimum Gasteiger partial charge on any atom is -0.390 e. The average Bonchev–Trinajstić information content (AvgIpc) is 2.96. The maximum Gasteiger partial charge on any atom is 0.251 e. The van der Waals surface area contributed by atoms with E-state index in [1.165, 1.54) is 0 Å². The molecule has 0 radical (unpaired) electrons. The number of nitrogens with one attached hydrogen (secondary N) is 3. The highest BCUT2D eigenvalue weighted by Crippen LogP contribution is 2.50. The van der Waals surface area contributed by atoms with Crippen LogP contribution in [0, 0.1) is 0 Å². The zero-order valence-electron chi connectivity index (χ0n) is 24.7. The van der Waals surface area contributed by atoms with Gasteiger partial charge in [-0.1, -0.05) is 54.1 Å². The molecule has 1 aliphatic rings. The average molecular weight is 652 g/mol. The van der Waals surface area contributed by atoms with Gasteiger partial charge in [-0.3, -0.25) is 18.2 Å². The Bertz CT molecular complexity index is 1320. The molecule has 8 nitrogen and oxygen atoms in total. The van der Waals surface area contributed by atoms with Crippen molar-refractivity contribution >= 4 is 52.1 Å². The summed E-state index contributed by atoms with van der Waals surface area (Å²) < 4.78 is 23.1. The molecule has 6 N–H and O–H groups in total. The number of aliphatic hydroxyl groups is 1. The number of hydrogen-bond acceptors (Lipinski definition) is 7. The SMILES string of the molecule is CCNc1cc(C(=O)N[C@@H](Cc2ccccc2)[C@@H](O)CNC(C)Cc2cccc(Cl)c2)cc(N2CCCCS2(O)O)c1.Cl. The van der Waals surface area contributed by atoms with Crippen molar-refractivity contribution in [2.24, 2.45) is 0 Å². The van der Waals surface area contributed by atoms with Gasteiger partial charge >= 0.3 is 0 Å². The number of hydrogen-bond donors (Lipinski definition) is 6. The maximum absolute atomic E-state index is 13.7. The third-order valence-corrected chi connectivity index (χ3v) is 9.59. The Morgan fingerprint density at radius 2 is 1.74 bits per heavy atom. The van der Waals surface area contributed by atoms with E-state index < -0.39 is 22.9 Å². The zero-order valence-corrected chi connectivity index (χ0v) is 27.1. The van der Waals surface area contributed by atoms with Crippen molar-refractivity contribution in [3.05, 3.63) is 94.5 Å².